The number of nitrogens with one attached hydrogen (secondary N) is 2. The number of nitrogens with zero attached hydrogens (tertiary/aromatic N) is 2. The van der Waals surface area contributed by atoms with E-state index in [4.69, 9.17) is 11.6 Å². The third-order valence-corrected chi connectivity index (χ3v) is 4.53. The predicted molar refractivity (Wildman–Crippen MR) is 107 cm³/mol. The molecule has 0 saturated carbocycles. The summed E-state index contributed by atoms with van der Waals surface area (Å²) in [5.41, 5.74) is 2.11. The lowest BCUT2D eigenvalue weighted by Crippen LogP contribution is -2.42. The number of anilines is 1. The predicted octanol–water partition coefficient (Wildman–Crippen LogP) is 3.86. The third-order valence-electron chi connectivity index (χ3n) is 4.20. The van der Waals surface area contributed by atoms with E-state index in [9.17, 15) is 9.59 Å². The number of carbonyl (C=O) groups is 2. The van der Waals surface area contributed by atoms with Crippen molar-refractivity contribution in [3.05, 3.63) is 59.1 Å². The fraction of sp³-hybridized carbons (Fsp3) is 0.250. The van der Waals surface area contributed by atoms with Gasteiger partial charge in [-0.25, -0.2) is 4.98 Å². The van der Waals surface area contributed by atoms with Crippen LogP contribution in [0.15, 0.2) is 48.5 Å². The van der Waals surface area contributed by atoms with Crippen LogP contribution in [0.25, 0.3) is 11.0 Å². The second kappa shape index (κ2) is 8.22. The average Bonchev–Trinajstić information content (AvgIpc) is 2.99. The zero-order valence-corrected chi connectivity index (χ0v) is 16.0. The van der Waals surface area contributed by atoms with Crippen molar-refractivity contribution in [2.75, 3.05) is 5.32 Å². The van der Waals surface area contributed by atoms with E-state index >= 15 is 0 Å². The number of aryl methyl sites for hydroxylation is 1. The molecule has 2 amide bonds. The second-order valence-corrected chi connectivity index (χ2v) is 6.65. The molecule has 0 bridgehead atoms. The molecule has 6 nitrogen and oxygen atoms in total. The van der Waals surface area contributed by atoms with Crippen molar-refractivity contribution in [2.45, 2.75) is 32.9 Å². The van der Waals surface area contributed by atoms with E-state index < -0.39 is 11.9 Å². The van der Waals surface area contributed by atoms with E-state index in [1.54, 1.807) is 31.2 Å². The molecule has 0 aliphatic heterocycles. The summed E-state index contributed by atoms with van der Waals surface area (Å²) in [7, 11) is 0. The smallest absolute Gasteiger partial charge is 0.253 e. The number of halogens is 1. The van der Waals surface area contributed by atoms with E-state index in [1.165, 1.54) is 0 Å². The van der Waals surface area contributed by atoms with Gasteiger partial charge in [0.1, 0.15) is 6.04 Å². The Morgan fingerprint density at radius 3 is 2.59 bits per heavy atom. The number of amides is 2. The van der Waals surface area contributed by atoms with Crippen LogP contribution in [0.1, 0.15) is 30.6 Å². The minimum Gasteiger partial charge on any atom is -0.340 e. The molecule has 0 fully saturated rings. The Kier molecular flexibility index (Phi) is 5.76. The number of carbonyl (C=O) groups excluding carboxylic acids is 2. The highest BCUT2D eigenvalue weighted by atomic mass is 35.5. The van der Waals surface area contributed by atoms with Crippen LogP contribution in [-0.4, -0.2) is 27.4 Å². The minimum atomic E-state index is -0.747. The molecule has 1 heterocycles. The van der Waals surface area contributed by atoms with Gasteiger partial charge >= 0.3 is 0 Å². The topological polar surface area (TPSA) is 76.0 Å². The van der Waals surface area contributed by atoms with Gasteiger partial charge in [-0.05, 0) is 37.6 Å². The number of hydrogen-bond donors (Lipinski definition) is 2. The van der Waals surface area contributed by atoms with Gasteiger partial charge in [0.25, 0.3) is 5.91 Å². The Hall–Kier alpha value is -2.86. The van der Waals surface area contributed by atoms with Gasteiger partial charge in [0, 0.05) is 6.54 Å². The molecule has 3 rings (SSSR count). The van der Waals surface area contributed by atoms with Crippen LogP contribution < -0.4 is 10.6 Å². The zero-order chi connectivity index (χ0) is 19.4. The average molecular weight is 385 g/mol. The van der Waals surface area contributed by atoms with Gasteiger partial charge in [-0.2, -0.15) is 0 Å². The molecule has 0 radical (unpaired) electrons. The first-order valence-electron chi connectivity index (χ1n) is 8.82. The molecule has 7 heteroatoms. The fourth-order valence-corrected chi connectivity index (χ4v) is 3.05. The molecular weight excluding hydrogens is 364 g/mol. The number of imidazole rings is 1. The van der Waals surface area contributed by atoms with Gasteiger partial charge in [-0.15, -0.1) is 0 Å². The first kappa shape index (κ1) is 18.9. The lowest BCUT2D eigenvalue weighted by Gasteiger charge is -2.15. The van der Waals surface area contributed by atoms with E-state index in [0.29, 0.717) is 16.5 Å². The van der Waals surface area contributed by atoms with Crippen molar-refractivity contribution < 1.29 is 9.59 Å². The number of hydrogen-bond acceptors (Lipinski definition) is 3. The van der Waals surface area contributed by atoms with Gasteiger partial charge < -0.3 is 9.88 Å². The molecule has 2 aromatic carbocycles. The van der Waals surface area contributed by atoms with Crippen molar-refractivity contribution in [2.24, 2.45) is 0 Å². The lowest BCUT2D eigenvalue weighted by atomic mass is 10.2. The fourth-order valence-electron chi connectivity index (χ4n) is 2.82. The molecule has 3 aromatic rings. The maximum absolute atomic E-state index is 12.6. The first-order chi connectivity index (χ1) is 13.0. The molecule has 1 atom stereocenters. The monoisotopic (exact) mass is 384 g/mol. The molecule has 0 aliphatic rings. The quantitative estimate of drug-likeness (QED) is 0.677. The van der Waals surface area contributed by atoms with Crippen molar-refractivity contribution in [3.63, 3.8) is 0 Å². The van der Waals surface area contributed by atoms with Crippen molar-refractivity contribution in [1.82, 2.24) is 14.9 Å². The summed E-state index contributed by atoms with van der Waals surface area (Å²) in [4.78, 5) is 29.4. The minimum absolute atomic E-state index is 0.331. The van der Waals surface area contributed by atoms with E-state index in [1.807, 2.05) is 28.8 Å². The van der Waals surface area contributed by atoms with E-state index in [2.05, 4.69) is 22.5 Å². The Labute approximate surface area is 162 Å². The molecule has 1 unspecified atom stereocenters. The van der Waals surface area contributed by atoms with Crippen LogP contribution in [0, 0.1) is 0 Å². The molecule has 140 valence electrons. The zero-order valence-electron chi connectivity index (χ0n) is 15.2. The van der Waals surface area contributed by atoms with Gasteiger partial charge in [0.05, 0.1) is 21.6 Å². The summed E-state index contributed by atoms with van der Waals surface area (Å²) in [5, 5.41) is 5.83. The van der Waals surface area contributed by atoms with E-state index in [-0.39, 0.29) is 5.91 Å². The van der Waals surface area contributed by atoms with Crippen molar-refractivity contribution in [3.8, 4) is 0 Å². The number of aromatic nitrogens is 2. The third kappa shape index (κ3) is 4.11. The second-order valence-electron chi connectivity index (χ2n) is 6.24. The Morgan fingerprint density at radius 1 is 1.15 bits per heavy atom. The number of fused-ring (bicyclic) bond motifs is 1. The lowest BCUT2D eigenvalue weighted by molar-refractivity contribution is -0.117. The van der Waals surface area contributed by atoms with Crippen LogP contribution in [0.5, 0.6) is 0 Å². The summed E-state index contributed by atoms with van der Waals surface area (Å²) in [5.74, 6) is -0.268. The van der Waals surface area contributed by atoms with Crippen LogP contribution in [0.2, 0.25) is 5.02 Å². The van der Waals surface area contributed by atoms with Crippen LogP contribution in [0.4, 0.5) is 5.95 Å². The highest BCUT2D eigenvalue weighted by Gasteiger charge is 2.20. The Bertz CT molecular complexity index is 983. The van der Waals surface area contributed by atoms with Crippen LogP contribution in [-0.2, 0) is 11.3 Å². The van der Waals surface area contributed by atoms with Gasteiger partial charge in [-0.1, -0.05) is 42.8 Å². The molecule has 2 N–H and O–H groups in total. The van der Waals surface area contributed by atoms with Crippen molar-refractivity contribution >= 4 is 40.4 Å². The molecule has 0 saturated heterocycles. The molecule has 1 aromatic heterocycles. The molecule has 0 spiro atoms. The largest absolute Gasteiger partial charge is 0.340 e. The summed E-state index contributed by atoms with van der Waals surface area (Å²) >= 11 is 6.04. The maximum Gasteiger partial charge on any atom is 0.253 e. The molecular formula is C20H21ClN4O2. The Morgan fingerprint density at radius 2 is 1.85 bits per heavy atom. The standard InChI is InChI=1S/C20H21ClN4O2/c1-3-12-25-17-11-7-6-10-16(17)23-20(25)24-18(26)13(2)22-19(27)14-8-4-5-9-15(14)21/h4-11,13H,3,12H2,1-2H3,(H,22,27)(H,23,24,26). The summed E-state index contributed by atoms with van der Waals surface area (Å²) in [6.45, 7) is 4.42. The normalized spacial score (nSPS) is 12.0. The summed E-state index contributed by atoms with van der Waals surface area (Å²) in [6.07, 6.45) is 0.905. The van der Waals surface area contributed by atoms with Crippen LogP contribution >= 0.6 is 11.6 Å². The molecule has 0 aliphatic carbocycles. The van der Waals surface area contributed by atoms with E-state index in [0.717, 1.165) is 24.0 Å². The highest BCUT2D eigenvalue weighted by molar-refractivity contribution is 6.33. The maximum atomic E-state index is 12.6. The summed E-state index contributed by atoms with van der Waals surface area (Å²) < 4.78 is 1.97. The van der Waals surface area contributed by atoms with Gasteiger partial charge in [0.2, 0.25) is 11.9 Å². The number of para-hydroxylation sites is 2. The summed E-state index contributed by atoms with van der Waals surface area (Å²) in [6, 6.07) is 13.7. The van der Waals surface area contributed by atoms with Gasteiger partial charge in [0.15, 0.2) is 0 Å². The van der Waals surface area contributed by atoms with Crippen molar-refractivity contribution in [1.29, 1.82) is 0 Å². The number of rotatable bonds is 6. The number of benzene rings is 2. The highest BCUT2D eigenvalue weighted by Crippen LogP contribution is 2.20. The SMILES string of the molecule is CCCn1c(NC(=O)C(C)NC(=O)c2ccccc2Cl)nc2ccccc21. The van der Waals surface area contributed by atoms with Crippen LogP contribution in [0.3, 0.4) is 0 Å². The first-order valence-corrected chi connectivity index (χ1v) is 9.20. The molecule has 27 heavy (non-hydrogen) atoms. The van der Waals surface area contributed by atoms with Gasteiger partial charge in [-0.3, -0.25) is 14.9 Å². The Balaban J connectivity index is 1.75.